The Morgan fingerprint density at radius 2 is 2.11 bits per heavy atom. The van der Waals surface area contributed by atoms with Crippen molar-refractivity contribution in [2.75, 3.05) is 0 Å². The third-order valence-electron chi connectivity index (χ3n) is 0.724. The fourth-order valence-electron chi connectivity index (χ4n) is 0.414. The molecule has 0 bridgehead atoms. The Labute approximate surface area is 70.2 Å². The van der Waals surface area contributed by atoms with Crippen LogP contribution in [-0.2, 0) is 0 Å². The summed E-state index contributed by atoms with van der Waals surface area (Å²) in [5, 5.41) is 0.310. The average molecular weight is 136 g/mol. The number of hydrogen-bond donors (Lipinski definition) is 0. The van der Waals surface area contributed by atoms with Crippen LogP contribution in [0.1, 0.15) is 0 Å². The molecule has 0 unspecified atom stereocenters. The van der Waals surface area contributed by atoms with Gasteiger partial charge in [-0.1, -0.05) is 5.02 Å². The van der Waals surface area contributed by atoms with Crippen molar-refractivity contribution in [3.8, 4) is 0 Å². The van der Waals surface area contributed by atoms with Gasteiger partial charge in [-0.25, -0.2) is 4.39 Å². The van der Waals surface area contributed by atoms with E-state index in [1.54, 1.807) is 6.07 Å². The number of halogens is 2. The molecule has 0 spiro atoms. The van der Waals surface area contributed by atoms with E-state index in [9.17, 15) is 4.39 Å². The van der Waals surface area contributed by atoms with Gasteiger partial charge in [-0.2, -0.15) is 12.1 Å². The Kier molecular flexibility index (Phi) is 3.97. The van der Waals surface area contributed by atoms with E-state index in [0.717, 1.165) is 0 Å². The predicted molar refractivity (Wildman–Crippen MR) is 30.2 cm³/mol. The Balaban J connectivity index is 0.000000640. The molecule has 42 valence electrons. The molecule has 3 heteroatoms. The Hall–Kier alpha value is 0.0374. The van der Waals surface area contributed by atoms with Crippen LogP contribution < -0.4 is 18.9 Å². The van der Waals surface area contributed by atoms with Gasteiger partial charge in [0, 0.05) is 5.82 Å². The van der Waals surface area contributed by atoms with Crippen LogP contribution >= 0.6 is 11.6 Å². The summed E-state index contributed by atoms with van der Waals surface area (Å²) in [4.78, 5) is 0. The molecule has 1 aromatic carbocycles. The first-order valence-corrected chi connectivity index (χ1v) is 2.50. The molecule has 9 heavy (non-hydrogen) atoms. The zero-order valence-electron chi connectivity index (χ0n) is 4.99. The molecule has 0 amide bonds. The Morgan fingerprint density at radius 1 is 1.44 bits per heavy atom. The summed E-state index contributed by atoms with van der Waals surface area (Å²) in [6, 6.07) is 6.68. The maximum absolute atomic E-state index is 12.0. The molecule has 0 heterocycles. The predicted octanol–water partition coefficient (Wildman–Crippen LogP) is -0.717. The summed E-state index contributed by atoms with van der Waals surface area (Å²) in [6.07, 6.45) is 0. The summed E-state index contributed by atoms with van der Waals surface area (Å²) in [6.45, 7) is 0. The van der Waals surface area contributed by atoms with Crippen molar-refractivity contribution in [3.05, 3.63) is 35.1 Å². The second kappa shape index (κ2) is 3.95. The molecule has 1 aromatic rings. The van der Waals surface area contributed by atoms with Crippen LogP contribution in [0.4, 0.5) is 4.39 Å². The monoisotopic (exact) mass is 136 g/mol. The van der Waals surface area contributed by atoms with Gasteiger partial charge in [-0.15, -0.1) is 23.7 Å². The molecule has 0 saturated carbocycles. The largest absolute Gasteiger partial charge is 1.00 e. The topological polar surface area (TPSA) is 0 Å². The molecule has 0 saturated heterocycles. The molecule has 0 atom stereocenters. The first-order chi connectivity index (χ1) is 3.79. The first-order valence-electron chi connectivity index (χ1n) is 2.12. The van der Waals surface area contributed by atoms with E-state index < -0.39 is 5.82 Å². The van der Waals surface area contributed by atoms with Crippen molar-refractivity contribution < 1.29 is 23.3 Å². The minimum atomic E-state index is -0.419. The van der Waals surface area contributed by atoms with E-state index in [1.165, 1.54) is 12.1 Å². The third kappa shape index (κ3) is 2.91. The summed E-state index contributed by atoms with van der Waals surface area (Å²) < 4.78 is 12.0. The van der Waals surface area contributed by atoms with Crippen LogP contribution in [0.5, 0.6) is 0 Å². The van der Waals surface area contributed by atoms with Crippen molar-refractivity contribution in [1.82, 2.24) is 0 Å². The van der Waals surface area contributed by atoms with Crippen LogP contribution in [0.25, 0.3) is 0 Å². The van der Waals surface area contributed by atoms with Gasteiger partial charge in [0.1, 0.15) is 0 Å². The normalized spacial score (nSPS) is 8.22. The molecule has 0 nitrogen and oxygen atoms in total. The van der Waals surface area contributed by atoms with Gasteiger partial charge in [0.25, 0.3) is 0 Å². The van der Waals surface area contributed by atoms with Gasteiger partial charge in [0.15, 0.2) is 0 Å². The Bertz CT molecular complexity index is 173. The van der Waals surface area contributed by atoms with Gasteiger partial charge < -0.3 is 0 Å². The van der Waals surface area contributed by atoms with E-state index in [4.69, 9.17) is 11.6 Å². The van der Waals surface area contributed by atoms with E-state index >= 15 is 0 Å². The van der Waals surface area contributed by atoms with Crippen LogP contribution in [-0.4, -0.2) is 0 Å². The molecule has 0 radical (unpaired) electrons. The second-order valence-electron chi connectivity index (χ2n) is 1.35. The average Bonchev–Trinajstić information content (AvgIpc) is 1.64. The zero-order chi connectivity index (χ0) is 5.98. The van der Waals surface area contributed by atoms with E-state index in [0.29, 0.717) is 5.02 Å². The van der Waals surface area contributed by atoms with Crippen molar-refractivity contribution in [2.24, 2.45) is 0 Å². The minimum absolute atomic E-state index is 0. The molecule has 0 aliphatic heterocycles. The van der Waals surface area contributed by atoms with Crippen molar-refractivity contribution >= 4 is 11.6 Å². The van der Waals surface area contributed by atoms with Gasteiger partial charge >= 0.3 is 18.9 Å². The van der Waals surface area contributed by atoms with Crippen molar-refractivity contribution in [1.29, 1.82) is 0 Å². The standard InChI is InChI=1S/C6H3ClF.Li/c7-5-2-1-3-6(8)4-5;/h1-3H;/q-1;+1. The summed E-state index contributed by atoms with van der Waals surface area (Å²) in [7, 11) is 0. The maximum atomic E-state index is 12.0. The van der Waals surface area contributed by atoms with E-state index in [1.807, 2.05) is 0 Å². The fraction of sp³-hybridized carbons (Fsp3) is 0. The molecule has 0 aromatic heterocycles. The van der Waals surface area contributed by atoms with Gasteiger partial charge in [0.2, 0.25) is 0 Å². The summed E-state index contributed by atoms with van der Waals surface area (Å²) >= 11 is 5.35. The number of benzene rings is 1. The Morgan fingerprint density at radius 3 is 2.44 bits per heavy atom. The molecule has 1 rings (SSSR count). The van der Waals surface area contributed by atoms with Gasteiger partial charge in [-0.05, 0) is 0 Å². The van der Waals surface area contributed by atoms with E-state index in [2.05, 4.69) is 6.07 Å². The van der Waals surface area contributed by atoms with Gasteiger partial charge in [0.05, 0.1) is 0 Å². The smallest absolute Gasteiger partial charge is 0.236 e. The zero-order valence-corrected chi connectivity index (χ0v) is 5.74. The second-order valence-corrected chi connectivity index (χ2v) is 1.75. The first kappa shape index (κ1) is 9.04. The quantitative estimate of drug-likeness (QED) is 0.326. The summed E-state index contributed by atoms with van der Waals surface area (Å²) in [5.74, 6) is -0.419. The molecule has 0 aliphatic rings. The number of rotatable bonds is 0. The minimum Gasteiger partial charge on any atom is -0.236 e. The molecular formula is C6H3ClFLi. The fourth-order valence-corrected chi connectivity index (χ4v) is 0.577. The molecule has 0 fully saturated rings. The summed E-state index contributed by atoms with van der Waals surface area (Å²) in [5.41, 5.74) is 0. The molecule has 0 aliphatic carbocycles. The molecule has 0 N–H and O–H groups in total. The molecular weight excluding hydrogens is 133 g/mol. The van der Waals surface area contributed by atoms with Crippen LogP contribution in [0.15, 0.2) is 18.2 Å². The van der Waals surface area contributed by atoms with Crippen LogP contribution in [0.3, 0.4) is 0 Å². The van der Waals surface area contributed by atoms with Crippen LogP contribution in [0.2, 0.25) is 5.02 Å². The van der Waals surface area contributed by atoms with Crippen molar-refractivity contribution in [2.45, 2.75) is 0 Å². The van der Waals surface area contributed by atoms with Crippen molar-refractivity contribution in [3.63, 3.8) is 0 Å². The SMILES string of the molecule is Fc1[c-]c(Cl)ccc1.[Li+]. The third-order valence-corrected chi connectivity index (χ3v) is 0.944. The van der Waals surface area contributed by atoms with Crippen LogP contribution in [0, 0.1) is 11.9 Å². The van der Waals surface area contributed by atoms with E-state index in [-0.39, 0.29) is 18.9 Å². The number of hydrogen-bond acceptors (Lipinski definition) is 0. The van der Waals surface area contributed by atoms with Gasteiger partial charge in [-0.3, -0.25) is 0 Å². The maximum Gasteiger partial charge on any atom is 1.00 e.